The minimum absolute atomic E-state index is 0.312. The Kier molecular flexibility index (Phi) is 4.58. The second-order valence-electron chi connectivity index (χ2n) is 4.63. The largest absolute Gasteiger partial charge is 0.497 e. The van der Waals surface area contributed by atoms with Gasteiger partial charge in [0.25, 0.3) is 0 Å². The van der Waals surface area contributed by atoms with Crippen molar-refractivity contribution in [1.82, 2.24) is 4.90 Å². The van der Waals surface area contributed by atoms with Gasteiger partial charge < -0.3 is 15.2 Å². The third kappa shape index (κ3) is 2.66. The second kappa shape index (κ2) is 6.18. The highest BCUT2D eigenvalue weighted by Crippen LogP contribution is 2.35. The van der Waals surface area contributed by atoms with Crippen LogP contribution in [0.5, 0.6) is 5.75 Å². The van der Waals surface area contributed by atoms with Crippen molar-refractivity contribution >= 4 is 0 Å². The molecule has 0 aromatic heterocycles. The van der Waals surface area contributed by atoms with Gasteiger partial charge in [-0.05, 0) is 29.7 Å². The van der Waals surface area contributed by atoms with Gasteiger partial charge in [0, 0.05) is 39.4 Å². The number of rotatable bonds is 6. The molecule has 1 aliphatic rings. The smallest absolute Gasteiger partial charge is 0.119 e. The van der Waals surface area contributed by atoms with Gasteiger partial charge in [0.15, 0.2) is 0 Å². The van der Waals surface area contributed by atoms with Gasteiger partial charge >= 0.3 is 0 Å². The van der Waals surface area contributed by atoms with Crippen LogP contribution in [0.3, 0.4) is 0 Å². The van der Waals surface area contributed by atoms with Crippen LogP contribution in [0, 0.1) is 0 Å². The Bertz CT molecular complexity index is 395. The predicted molar refractivity (Wildman–Crippen MR) is 71.7 cm³/mol. The minimum atomic E-state index is 0.312. The van der Waals surface area contributed by atoms with E-state index in [1.54, 1.807) is 14.2 Å². The van der Waals surface area contributed by atoms with Crippen molar-refractivity contribution in [3.05, 3.63) is 29.3 Å². The van der Waals surface area contributed by atoms with Crippen LogP contribution in [0.1, 0.15) is 23.6 Å². The van der Waals surface area contributed by atoms with E-state index in [0.29, 0.717) is 12.6 Å². The van der Waals surface area contributed by atoms with Crippen molar-refractivity contribution in [1.29, 1.82) is 0 Å². The summed E-state index contributed by atoms with van der Waals surface area (Å²) in [6, 6.07) is 6.59. The molecule has 0 saturated heterocycles. The number of benzene rings is 1. The lowest BCUT2D eigenvalue weighted by Crippen LogP contribution is -2.29. The Labute approximate surface area is 109 Å². The van der Waals surface area contributed by atoms with Crippen LogP contribution in [-0.4, -0.2) is 38.8 Å². The van der Waals surface area contributed by atoms with Crippen LogP contribution < -0.4 is 10.5 Å². The summed E-state index contributed by atoms with van der Waals surface area (Å²) in [6.45, 7) is 3.44. The molecule has 1 unspecified atom stereocenters. The molecule has 0 aliphatic carbocycles. The van der Waals surface area contributed by atoms with E-state index in [1.165, 1.54) is 11.1 Å². The molecule has 0 bridgehead atoms. The lowest BCUT2D eigenvalue weighted by atomic mass is 10.0. The topological polar surface area (TPSA) is 47.7 Å². The van der Waals surface area contributed by atoms with Crippen LogP contribution in [0.15, 0.2) is 18.2 Å². The number of fused-ring (bicyclic) bond motifs is 1. The molecule has 2 N–H and O–H groups in total. The maximum absolute atomic E-state index is 5.92. The lowest BCUT2D eigenvalue weighted by Gasteiger charge is -2.23. The zero-order valence-corrected chi connectivity index (χ0v) is 11.2. The minimum Gasteiger partial charge on any atom is -0.497 e. The Morgan fingerprint density at radius 1 is 1.39 bits per heavy atom. The zero-order valence-electron chi connectivity index (χ0n) is 11.2. The maximum Gasteiger partial charge on any atom is 0.119 e. The van der Waals surface area contributed by atoms with Crippen molar-refractivity contribution in [2.75, 3.05) is 33.9 Å². The quantitative estimate of drug-likeness (QED) is 0.778. The van der Waals surface area contributed by atoms with E-state index < -0.39 is 0 Å². The van der Waals surface area contributed by atoms with Crippen LogP contribution in [0.25, 0.3) is 0 Å². The van der Waals surface area contributed by atoms with Gasteiger partial charge in [-0.15, -0.1) is 0 Å². The van der Waals surface area contributed by atoms with E-state index in [-0.39, 0.29) is 0 Å². The van der Waals surface area contributed by atoms with Crippen molar-refractivity contribution in [3.8, 4) is 5.75 Å². The van der Waals surface area contributed by atoms with Crippen molar-refractivity contribution in [3.63, 3.8) is 0 Å². The average molecular weight is 250 g/mol. The molecule has 1 atom stereocenters. The molecule has 2 rings (SSSR count). The van der Waals surface area contributed by atoms with Gasteiger partial charge in [-0.2, -0.15) is 0 Å². The number of hydrogen-bond acceptors (Lipinski definition) is 4. The lowest BCUT2D eigenvalue weighted by molar-refractivity contribution is 0.156. The molecule has 1 heterocycles. The summed E-state index contributed by atoms with van der Waals surface area (Å²) >= 11 is 0. The van der Waals surface area contributed by atoms with Gasteiger partial charge in [-0.25, -0.2) is 0 Å². The SMILES string of the molecule is COCCCN1Cc2ccc(OC)cc2C1CN. The first-order chi connectivity index (χ1) is 8.80. The van der Waals surface area contributed by atoms with Gasteiger partial charge in [0.05, 0.1) is 7.11 Å². The molecule has 1 aromatic carbocycles. The monoisotopic (exact) mass is 250 g/mol. The number of methoxy groups -OCH3 is 2. The predicted octanol–water partition coefficient (Wildman–Crippen LogP) is 1.55. The highest BCUT2D eigenvalue weighted by atomic mass is 16.5. The van der Waals surface area contributed by atoms with Crippen molar-refractivity contribution in [2.45, 2.75) is 19.0 Å². The molecular weight excluding hydrogens is 228 g/mol. The van der Waals surface area contributed by atoms with Gasteiger partial charge in [0.2, 0.25) is 0 Å². The summed E-state index contributed by atoms with van der Waals surface area (Å²) in [6.07, 6.45) is 1.04. The van der Waals surface area contributed by atoms with Crippen molar-refractivity contribution in [2.24, 2.45) is 5.73 Å². The fourth-order valence-corrected chi connectivity index (χ4v) is 2.60. The fraction of sp³-hybridized carbons (Fsp3) is 0.571. The molecule has 18 heavy (non-hydrogen) atoms. The number of ether oxygens (including phenoxy) is 2. The van der Waals surface area contributed by atoms with E-state index in [9.17, 15) is 0 Å². The molecular formula is C14H22N2O2. The normalized spacial score (nSPS) is 18.9. The van der Waals surface area contributed by atoms with Gasteiger partial charge in [-0.3, -0.25) is 4.90 Å². The number of nitrogens with zero attached hydrogens (tertiary/aromatic N) is 1. The molecule has 0 fully saturated rings. The number of nitrogens with two attached hydrogens (primary N) is 1. The number of hydrogen-bond donors (Lipinski definition) is 1. The summed E-state index contributed by atoms with van der Waals surface area (Å²) in [7, 11) is 3.44. The Morgan fingerprint density at radius 3 is 2.89 bits per heavy atom. The van der Waals surface area contributed by atoms with Crippen LogP contribution in [0.4, 0.5) is 0 Å². The van der Waals surface area contributed by atoms with Crippen LogP contribution in [-0.2, 0) is 11.3 Å². The molecule has 0 amide bonds. The summed E-state index contributed by atoms with van der Waals surface area (Å²) in [5, 5.41) is 0. The molecule has 4 nitrogen and oxygen atoms in total. The van der Waals surface area contributed by atoms with E-state index in [0.717, 1.165) is 31.9 Å². The van der Waals surface area contributed by atoms with Crippen molar-refractivity contribution < 1.29 is 9.47 Å². The van der Waals surface area contributed by atoms with Crippen LogP contribution >= 0.6 is 0 Å². The third-order valence-electron chi connectivity index (χ3n) is 3.54. The molecule has 0 spiro atoms. The van der Waals surface area contributed by atoms with Gasteiger partial charge in [-0.1, -0.05) is 6.07 Å². The maximum atomic E-state index is 5.92. The Hall–Kier alpha value is -1.10. The van der Waals surface area contributed by atoms with E-state index >= 15 is 0 Å². The average Bonchev–Trinajstić information content (AvgIpc) is 2.75. The van der Waals surface area contributed by atoms with Crippen LogP contribution in [0.2, 0.25) is 0 Å². The molecule has 4 heteroatoms. The first kappa shape index (κ1) is 13.3. The zero-order chi connectivity index (χ0) is 13.0. The third-order valence-corrected chi connectivity index (χ3v) is 3.54. The standard InChI is InChI=1S/C14H22N2O2/c1-17-7-3-6-16-10-11-4-5-12(18-2)8-13(11)14(16)9-15/h4-5,8,14H,3,6-7,9-10,15H2,1-2H3. The summed E-state index contributed by atoms with van der Waals surface area (Å²) in [5.74, 6) is 0.908. The first-order valence-electron chi connectivity index (χ1n) is 6.40. The summed E-state index contributed by atoms with van der Waals surface area (Å²) in [4.78, 5) is 2.42. The van der Waals surface area contributed by atoms with E-state index in [1.807, 2.05) is 6.07 Å². The highest BCUT2D eigenvalue weighted by molar-refractivity contribution is 5.40. The van der Waals surface area contributed by atoms with Gasteiger partial charge in [0.1, 0.15) is 5.75 Å². The molecule has 100 valence electrons. The van der Waals surface area contributed by atoms with E-state index in [2.05, 4.69) is 17.0 Å². The molecule has 1 aliphatic heterocycles. The van der Waals surface area contributed by atoms with E-state index in [4.69, 9.17) is 15.2 Å². The Balaban J connectivity index is 2.10. The Morgan fingerprint density at radius 2 is 2.22 bits per heavy atom. The molecule has 0 radical (unpaired) electrons. The highest BCUT2D eigenvalue weighted by Gasteiger charge is 2.28. The fourth-order valence-electron chi connectivity index (χ4n) is 2.60. The molecule has 1 aromatic rings. The summed E-state index contributed by atoms with van der Waals surface area (Å²) in [5.41, 5.74) is 8.60. The first-order valence-corrected chi connectivity index (χ1v) is 6.40. The second-order valence-corrected chi connectivity index (χ2v) is 4.63. The summed E-state index contributed by atoms with van der Waals surface area (Å²) < 4.78 is 10.4. The molecule has 0 saturated carbocycles.